The summed E-state index contributed by atoms with van der Waals surface area (Å²) in [4.78, 5) is 30.4. The Balaban J connectivity index is 1.83. The minimum Gasteiger partial charge on any atom is -0.444 e. The van der Waals surface area contributed by atoms with Gasteiger partial charge in [-0.1, -0.05) is 24.3 Å². The van der Waals surface area contributed by atoms with Crippen LogP contribution in [0.25, 0.3) is 10.9 Å². The summed E-state index contributed by atoms with van der Waals surface area (Å²) in [6, 6.07) is 19.0. The molecule has 0 atom stereocenters. The number of hydrogen-bond donors (Lipinski definition) is 1. The summed E-state index contributed by atoms with van der Waals surface area (Å²) in [5, 5.41) is 12.8. The Labute approximate surface area is 194 Å². The molecule has 2 aromatic carbocycles. The topological polar surface area (TPSA) is 95.3 Å². The average molecular weight is 445 g/mol. The first-order valence-electron chi connectivity index (χ1n) is 10.8. The van der Waals surface area contributed by atoms with Crippen molar-refractivity contribution in [3.05, 3.63) is 71.3 Å². The number of carbonyl (C=O) groups is 2. The maximum atomic E-state index is 12.9. The van der Waals surface area contributed by atoms with Crippen molar-refractivity contribution >= 4 is 28.7 Å². The summed E-state index contributed by atoms with van der Waals surface area (Å²) in [5.74, 6) is 0.295. The van der Waals surface area contributed by atoms with Gasteiger partial charge in [-0.25, -0.2) is 9.78 Å². The van der Waals surface area contributed by atoms with Crippen molar-refractivity contribution in [1.82, 2.24) is 9.88 Å². The van der Waals surface area contributed by atoms with Gasteiger partial charge in [-0.05, 0) is 68.7 Å². The van der Waals surface area contributed by atoms with E-state index >= 15 is 0 Å². The molecule has 0 aliphatic heterocycles. The van der Waals surface area contributed by atoms with Crippen molar-refractivity contribution in [2.45, 2.75) is 46.3 Å². The van der Waals surface area contributed by atoms with Crippen LogP contribution in [0.15, 0.2) is 54.6 Å². The number of nitrogens with one attached hydrogen (secondary N) is 1. The minimum absolute atomic E-state index is 0.186. The van der Waals surface area contributed by atoms with E-state index in [0.29, 0.717) is 30.9 Å². The predicted octanol–water partition coefficient (Wildman–Crippen LogP) is 5.04. The van der Waals surface area contributed by atoms with Crippen LogP contribution in [0.3, 0.4) is 0 Å². The standard InChI is InChI=1S/C26H28N4O3/c1-18(31)28-24-11-10-22-9-8-21(15-23(22)29-24)17-30(25(32)33-26(2,3)4)13-12-19-6-5-7-20(14-19)16-27/h5-11,14-15H,12-13,17H2,1-4H3,(H,28,29,31). The van der Waals surface area contributed by atoms with Crippen LogP contribution in [0.1, 0.15) is 44.4 Å². The summed E-state index contributed by atoms with van der Waals surface area (Å²) < 4.78 is 5.63. The molecule has 0 saturated heterocycles. The highest BCUT2D eigenvalue weighted by atomic mass is 16.6. The zero-order valence-corrected chi connectivity index (χ0v) is 19.4. The molecular formula is C26H28N4O3. The maximum Gasteiger partial charge on any atom is 0.410 e. The zero-order valence-electron chi connectivity index (χ0n) is 19.4. The van der Waals surface area contributed by atoms with Gasteiger partial charge in [0.05, 0.1) is 17.1 Å². The third kappa shape index (κ3) is 7.04. The second kappa shape index (κ2) is 10.1. The lowest BCUT2D eigenvalue weighted by Crippen LogP contribution is -2.37. The number of carbonyl (C=O) groups excluding carboxylic acids is 2. The summed E-state index contributed by atoms with van der Waals surface area (Å²) in [5.41, 5.74) is 2.57. The van der Waals surface area contributed by atoms with E-state index in [1.807, 2.05) is 63.2 Å². The van der Waals surface area contributed by atoms with E-state index in [-0.39, 0.29) is 5.91 Å². The number of nitriles is 1. The number of aromatic nitrogens is 1. The molecule has 0 radical (unpaired) electrons. The lowest BCUT2D eigenvalue weighted by molar-refractivity contribution is -0.114. The quantitative estimate of drug-likeness (QED) is 0.574. The van der Waals surface area contributed by atoms with Gasteiger partial charge in [0.1, 0.15) is 11.4 Å². The molecule has 3 aromatic rings. The van der Waals surface area contributed by atoms with Crippen LogP contribution < -0.4 is 5.32 Å². The van der Waals surface area contributed by atoms with Crippen LogP contribution in [0.5, 0.6) is 0 Å². The number of benzene rings is 2. The Bertz CT molecular complexity index is 1210. The van der Waals surface area contributed by atoms with Gasteiger partial charge in [-0.15, -0.1) is 0 Å². The van der Waals surface area contributed by atoms with Gasteiger partial charge in [0.25, 0.3) is 0 Å². The third-order valence-corrected chi connectivity index (χ3v) is 4.81. The third-order valence-electron chi connectivity index (χ3n) is 4.81. The number of pyridine rings is 1. The lowest BCUT2D eigenvalue weighted by Gasteiger charge is -2.27. The SMILES string of the molecule is CC(=O)Nc1ccc2ccc(CN(CCc3cccc(C#N)c3)C(=O)OC(C)(C)C)cc2n1. The second-order valence-electron chi connectivity index (χ2n) is 8.87. The first kappa shape index (κ1) is 23.7. The van der Waals surface area contributed by atoms with Crippen molar-refractivity contribution in [2.75, 3.05) is 11.9 Å². The number of hydrogen-bond acceptors (Lipinski definition) is 5. The molecule has 0 spiro atoms. The highest BCUT2D eigenvalue weighted by Crippen LogP contribution is 2.20. The first-order chi connectivity index (χ1) is 15.6. The van der Waals surface area contributed by atoms with Gasteiger partial charge in [-0.2, -0.15) is 5.26 Å². The molecule has 0 unspecified atom stereocenters. The molecule has 7 nitrogen and oxygen atoms in total. The first-order valence-corrected chi connectivity index (χ1v) is 10.8. The van der Waals surface area contributed by atoms with Gasteiger partial charge in [0.15, 0.2) is 0 Å². The molecule has 7 heteroatoms. The molecule has 3 rings (SSSR count). The van der Waals surface area contributed by atoms with E-state index in [2.05, 4.69) is 16.4 Å². The highest BCUT2D eigenvalue weighted by molar-refractivity contribution is 5.89. The number of amides is 2. The summed E-state index contributed by atoms with van der Waals surface area (Å²) >= 11 is 0. The fraction of sp³-hybridized carbons (Fsp3) is 0.308. The van der Waals surface area contributed by atoms with Crippen molar-refractivity contribution in [3.8, 4) is 6.07 Å². The molecule has 170 valence electrons. The van der Waals surface area contributed by atoms with E-state index in [4.69, 9.17) is 10.00 Å². The minimum atomic E-state index is -0.617. The number of fused-ring (bicyclic) bond motifs is 1. The maximum absolute atomic E-state index is 12.9. The van der Waals surface area contributed by atoms with Crippen LogP contribution in [0, 0.1) is 11.3 Å². The molecule has 33 heavy (non-hydrogen) atoms. The van der Waals surface area contributed by atoms with Crippen LogP contribution >= 0.6 is 0 Å². The molecule has 0 saturated carbocycles. The molecule has 0 aliphatic rings. The van der Waals surface area contributed by atoms with E-state index in [1.54, 1.807) is 17.0 Å². The summed E-state index contributed by atoms with van der Waals surface area (Å²) in [6.07, 6.45) is 0.187. The van der Waals surface area contributed by atoms with Crippen molar-refractivity contribution in [3.63, 3.8) is 0 Å². The largest absolute Gasteiger partial charge is 0.444 e. The fourth-order valence-corrected chi connectivity index (χ4v) is 3.35. The van der Waals surface area contributed by atoms with E-state index in [0.717, 1.165) is 22.0 Å². The summed E-state index contributed by atoms with van der Waals surface area (Å²) in [7, 11) is 0. The molecule has 1 aromatic heterocycles. The number of nitrogens with zero attached hydrogens (tertiary/aromatic N) is 3. The Hall–Kier alpha value is -3.92. The van der Waals surface area contributed by atoms with Crippen LogP contribution in [-0.4, -0.2) is 34.0 Å². The Morgan fingerprint density at radius 2 is 1.85 bits per heavy atom. The Morgan fingerprint density at radius 3 is 2.55 bits per heavy atom. The Kier molecular flexibility index (Phi) is 7.29. The van der Waals surface area contributed by atoms with Crippen LogP contribution in [-0.2, 0) is 22.5 Å². The van der Waals surface area contributed by atoms with E-state index in [1.165, 1.54) is 6.92 Å². The monoisotopic (exact) mass is 444 g/mol. The van der Waals surface area contributed by atoms with Gasteiger partial charge < -0.3 is 15.0 Å². The number of rotatable bonds is 6. The zero-order chi connectivity index (χ0) is 24.0. The van der Waals surface area contributed by atoms with Gasteiger partial charge >= 0.3 is 6.09 Å². The fourth-order valence-electron chi connectivity index (χ4n) is 3.35. The van der Waals surface area contributed by atoms with Gasteiger partial charge in [0, 0.05) is 25.4 Å². The van der Waals surface area contributed by atoms with Gasteiger partial charge in [-0.3, -0.25) is 4.79 Å². The average Bonchev–Trinajstić information content (AvgIpc) is 2.74. The lowest BCUT2D eigenvalue weighted by atomic mass is 10.1. The van der Waals surface area contributed by atoms with Crippen LogP contribution in [0.4, 0.5) is 10.6 Å². The molecular weight excluding hydrogens is 416 g/mol. The molecule has 1 N–H and O–H groups in total. The van der Waals surface area contributed by atoms with E-state index < -0.39 is 11.7 Å². The number of anilines is 1. The van der Waals surface area contributed by atoms with Gasteiger partial charge in [0.2, 0.25) is 5.91 Å². The normalized spacial score (nSPS) is 11.0. The predicted molar refractivity (Wildman–Crippen MR) is 128 cm³/mol. The van der Waals surface area contributed by atoms with Crippen molar-refractivity contribution < 1.29 is 14.3 Å². The molecule has 0 fully saturated rings. The van der Waals surface area contributed by atoms with Crippen LogP contribution in [0.2, 0.25) is 0 Å². The molecule has 0 bridgehead atoms. The number of ether oxygens (including phenoxy) is 1. The molecule has 2 amide bonds. The smallest absolute Gasteiger partial charge is 0.410 e. The highest BCUT2D eigenvalue weighted by Gasteiger charge is 2.22. The van der Waals surface area contributed by atoms with Crippen molar-refractivity contribution in [1.29, 1.82) is 5.26 Å². The van der Waals surface area contributed by atoms with Crippen molar-refractivity contribution in [2.24, 2.45) is 0 Å². The van der Waals surface area contributed by atoms with E-state index in [9.17, 15) is 9.59 Å². The molecule has 1 heterocycles. The Morgan fingerprint density at radius 1 is 1.09 bits per heavy atom. The summed E-state index contributed by atoms with van der Waals surface area (Å²) in [6.45, 7) is 7.72. The second-order valence-corrected chi connectivity index (χ2v) is 8.87. The molecule has 0 aliphatic carbocycles.